The van der Waals surface area contributed by atoms with Gasteiger partial charge >= 0.3 is 0 Å². The van der Waals surface area contributed by atoms with E-state index in [1.54, 1.807) is 25.3 Å². The van der Waals surface area contributed by atoms with E-state index >= 15 is 0 Å². The minimum absolute atomic E-state index is 0.106. The molecule has 0 aliphatic carbocycles. The van der Waals surface area contributed by atoms with Gasteiger partial charge in [-0.05, 0) is 67.2 Å². The molecule has 2 aromatic carbocycles. The Labute approximate surface area is 194 Å². The molecule has 3 N–H and O–H groups in total. The number of carbonyl (C=O) groups excluding carboxylic acids is 1. The van der Waals surface area contributed by atoms with Gasteiger partial charge in [-0.25, -0.2) is 9.97 Å². The highest BCUT2D eigenvalue weighted by molar-refractivity contribution is 5.73. The number of phenols is 1. The molecule has 4 rings (SSSR count). The van der Waals surface area contributed by atoms with Crippen molar-refractivity contribution in [3.63, 3.8) is 0 Å². The molecule has 0 spiro atoms. The SMILES string of the molecule is CC(=O)N(Cc1cccc(-c2ccnc(NCCc3ccc(O)cc3)n2)c1)CC1CCNC1. The van der Waals surface area contributed by atoms with Gasteiger partial charge in [0.25, 0.3) is 0 Å². The Morgan fingerprint density at radius 3 is 2.79 bits per heavy atom. The van der Waals surface area contributed by atoms with Gasteiger partial charge in [0, 0.05) is 38.3 Å². The van der Waals surface area contributed by atoms with E-state index in [0.717, 1.165) is 54.9 Å². The summed E-state index contributed by atoms with van der Waals surface area (Å²) in [4.78, 5) is 23.2. The van der Waals surface area contributed by atoms with Crippen LogP contribution in [-0.2, 0) is 17.8 Å². The van der Waals surface area contributed by atoms with Crippen LogP contribution in [0.25, 0.3) is 11.3 Å². The number of anilines is 1. The van der Waals surface area contributed by atoms with Crippen molar-refractivity contribution in [1.29, 1.82) is 0 Å². The molecule has 1 aliphatic heterocycles. The molecule has 1 amide bonds. The van der Waals surface area contributed by atoms with Gasteiger partial charge in [0.2, 0.25) is 11.9 Å². The lowest BCUT2D eigenvalue weighted by molar-refractivity contribution is -0.130. The molecular weight excluding hydrogens is 414 g/mol. The lowest BCUT2D eigenvalue weighted by Crippen LogP contribution is -2.34. The second-order valence-electron chi connectivity index (χ2n) is 8.57. The van der Waals surface area contributed by atoms with E-state index in [2.05, 4.69) is 32.7 Å². The van der Waals surface area contributed by atoms with Crippen LogP contribution in [0, 0.1) is 5.92 Å². The Bertz CT molecular complexity index is 1060. The van der Waals surface area contributed by atoms with Gasteiger partial charge in [-0.2, -0.15) is 0 Å². The predicted molar refractivity (Wildman–Crippen MR) is 130 cm³/mol. The van der Waals surface area contributed by atoms with Crippen LogP contribution in [0.15, 0.2) is 60.8 Å². The Morgan fingerprint density at radius 2 is 2.03 bits per heavy atom. The summed E-state index contributed by atoms with van der Waals surface area (Å²) in [7, 11) is 0. The van der Waals surface area contributed by atoms with Crippen molar-refractivity contribution < 1.29 is 9.90 Å². The van der Waals surface area contributed by atoms with E-state index in [0.29, 0.717) is 25.0 Å². The van der Waals surface area contributed by atoms with Crippen LogP contribution in [0.4, 0.5) is 5.95 Å². The fourth-order valence-corrected chi connectivity index (χ4v) is 4.12. The molecule has 1 fully saturated rings. The van der Waals surface area contributed by atoms with Crippen LogP contribution in [0.2, 0.25) is 0 Å². The third-order valence-corrected chi connectivity index (χ3v) is 5.97. The normalized spacial score (nSPS) is 15.4. The Kier molecular flexibility index (Phi) is 7.52. The molecule has 7 nitrogen and oxygen atoms in total. The van der Waals surface area contributed by atoms with Gasteiger partial charge in [0.1, 0.15) is 5.75 Å². The topological polar surface area (TPSA) is 90.4 Å². The first-order chi connectivity index (χ1) is 16.1. The molecule has 7 heteroatoms. The first-order valence-electron chi connectivity index (χ1n) is 11.5. The van der Waals surface area contributed by atoms with Crippen molar-refractivity contribution >= 4 is 11.9 Å². The highest BCUT2D eigenvalue weighted by Crippen LogP contribution is 2.21. The summed E-state index contributed by atoms with van der Waals surface area (Å²) in [5.74, 6) is 1.48. The minimum Gasteiger partial charge on any atom is -0.508 e. The van der Waals surface area contributed by atoms with Crippen molar-refractivity contribution in [3.05, 3.63) is 71.9 Å². The van der Waals surface area contributed by atoms with Crippen molar-refractivity contribution in [3.8, 4) is 17.0 Å². The van der Waals surface area contributed by atoms with Crippen molar-refractivity contribution in [1.82, 2.24) is 20.2 Å². The van der Waals surface area contributed by atoms with Crippen LogP contribution >= 0.6 is 0 Å². The third kappa shape index (κ3) is 6.52. The molecule has 1 aliphatic rings. The van der Waals surface area contributed by atoms with Crippen molar-refractivity contribution in [2.75, 3.05) is 31.5 Å². The summed E-state index contributed by atoms with van der Waals surface area (Å²) in [6, 6.07) is 17.3. The maximum atomic E-state index is 12.2. The van der Waals surface area contributed by atoms with Gasteiger partial charge in [0.15, 0.2) is 0 Å². The fourth-order valence-electron chi connectivity index (χ4n) is 4.12. The summed E-state index contributed by atoms with van der Waals surface area (Å²) in [6.07, 6.45) is 3.68. The second kappa shape index (κ2) is 10.9. The zero-order valence-electron chi connectivity index (χ0n) is 19.0. The number of nitrogens with one attached hydrogen (secondary N) is 2. The smallest absolute Gasteiger partial charge is 0.223 e. The maximum Gasteiger partial charge on any atom is 0.223 e. The van der Waals surface area contributed by atoms with E-state index in [1.807, 2.05) is 35.2 Å². The summed E-state index contributed by atoms with van der Waals surface area (Å²) in [5, 5.41) is 16.1. The molecule has 1 unspecified atom stereocenters. The average Bonchev–Trinajstić information content (AvgIpc) is 3.34. The largest absolute Gasteiger partial charge is 0.508 e. The monoisotopic (exact) mass is 445 g/mol. The van der Waals surface area contributed by atoms with Gasteiger partial charge in [-0.3, -0.25) is 4.79 Å². The predicted octanol–water partition coefficient (Wildman–Crippen LogP) is 3.46. The number of carbonyl (C=O) groups is 1. The second-order valence-corrected chi connectivity index (χ2v) is 8.57. The number of phenolic OH excluding ortho intramolecular Hbond substituents is 1. The Morgan fingerprint density at radius 1 is 1.18 bits per heavy atom. The number of hydrogen-bond donors (Lipinski definition) is 3. The summed E-state index contributed by atoms with van der Waals surface area (Å²) < 4.78 is 0. The minimum atomic E-state index is 0.106. The molecule has 2 heterocycles. The van der Waals surface area contributed by atoms with Crippen LogP contribution in [0.1, 0.15) is 24.5 Å². The van der Waals surface area contributed by atoms with Crippen LogP contribution in [0.5, 0.6) is 5.75 Å². The summed E-state index contributed by atoms with van der Waals surface area (Å²) in [5.41, 5.74) is 4.07. The molecule has 1 saturated heterocycles. The van der Waals surface area contributed by atoms with E-state index in [4.69, 9.17) is 0 Å². The van der Waals surface area contributed by atoms with Crippen LogP contribution in [0.3, 0.4) is 0 Å². The van der Waals surface area contributed by atoms with E-state index < -0.39 is 0 Å². The first-order valence-corrected chi connectivity index (χ1v) is 11.5. The lowest BCUT2D eigenvalue weighted by Gasteiger charge is -2.24. The molecule has 0 radical (unpaired) electrons. The van der Waals surface area contributed by atoms with Crippen LogP contribution < -0.4 is 10.6 Å². The fraction of sp³-hybridized carbons (Fsp3) is 0.346. The van der Waals surface area contributed by atoms with E-state index in [9.17, 15) is 9.90 Å². The molecule has 0 saturated carbocycles. The zero-order valence-corrected chi connectivity index (χ0v) is 19.0. The zero-order chi connectivity index (χ0) is 23.0. The van der Waals surface area contributed by atoms with E-state index in [-0.39, 0.29) is 11.7 Å². The van der Waals surface area contributed by atoms with Gasteiger partial charge in [-0.1, -0.05) is 30.3 Å². The van der Waals surface area contributed by atoms with Gasteiger partial charge in [-0.15, -0.1) is 0 Å². The summed E-state index contributed by atoms with van der Waals surface area (Å²) >= 11 is 0. The number of aromatic hydroxyl groups is 1. The molecule has 1 atom stereocenters. The average molecular weight is 446 g/mol. The standard InChI is InChI=1S/C26H31N5O2/c1-19(32)31(18-22-9-12-27-16-22)17-21-3-2-4-23(15-21)25-11-14-29-26(30-25)28-13-10-20-5-7-24(33)8-6-20/h2-8,11,14-15,22,27,33H,9-10,12-13,16-18H2,1H3,(H,28,29,30). The van der Waals surface area contributed by atoms with Crippen molar-refractivity contribution in [2.24, 2.45) is 5.92 Å². The van der Waals surface area contributed by atoms with Gasteiger partial charge < -0.3 is 20.6 Å². The Hall–Kier alpha value is -3.45. The quantitative estimate of drug-likeness (QED) is 0.467. The molecule has 172 valence electrons. The van der Waals surface area contributed by atoms with Crippen molar-refractivity contribution in [2.45, 2.75) is 26.3 Å². The molecule has 33 heavy (non-hydrogen) atoms. The molecule has 3 aromatic rings. The van der Waals surface area contributed by atoms with Crippen LogP contribution in [-0.4, -0.2) is 52.1 Å². The third-order valence-electron chi connectivity index (χ3n) is 5.97. The number of aromatic nitrogens is 2. The number of benzene rings is 2. The van der Waals surface area contributed by atoms with Gasteiger partial charge in [0.05, 0.1) is 5.69 Å². The summed E-state index contributed by atoms with van der Waals surface area (Å²) in [6.45, 7) is 5.74. The molecule has 1 aromatic heterocycles. The van der Waals surface area contributed by atoms with E-state index in [1.165, 1.54) is 0 Å². The first kappa shape index (κ1) is 22.7. The maximum absolute atomic E-state index is 12.2. The highest BCUT2D eigenvalue weighted by atomic mass is 16.3. The Balaban J connectivity index is 1.39. The number of hydrogen-bond acceptors (Lipinski definition) is 6. The number of nitrogens with zero attached hydrogens (tertiary/aromatic N) is 3. The molecular formula is C26H31N5O2. The number of rotatable bonds is 9. The highest BCUT2D eigenvalue weighted by Gasteiger charge is 2.20. The lowest BCUT2D eigenvalue weighted by atomic mass is 10.1. The molecule has 0 bridgehead atoms. The number of amides is 1.